The number of carbonyl (C=O) groups excluding carboxylic acids is 1. The number of carboxylic acids is 1. The summed E-state index contributed by atoms with van der Waals surface area (Å²) in [6.07, 6.45) is 4.47. The van der Waals surface area contributed by atoms with Gasteiger partial charge in [-0.2, -0.15) is 0 Å². The first-order valence-corrected chi connectivity index (χ1v) is 6.65. The van der Waals surface area contributed by atoms with Crippen LogP contribution in [0.4, 0.5) is 4.79 Å². The molecule has 0 fully saturated rings. The minimum absolute atomic E-state index is 0.202. The molecule has 0 aromatic carbocycles. The summed E-state index contributed by atoms with van der Waals surface area (Å²) < 4.78 is 0. The maximum absolute atomic E-state index is 11.6. The molecule has 0 aliphatic carbocycles. The zero-order valence-electron chi connectivity index (χ0n) is 11.8. The summed E-state index contributed by atoms with van der Waals surface area (Å²) in [5.74, 6) is -0.809. The average molecular weight is 279 g/mol. The van der Waals surface area contributed by atoms with Gasteiger partial charge >= 0.3 is 12.0 Å². The number of nitrogens with zero attached hydrogens (tertiary/aromatic N) is 1. The summed E-state index contributed by atoms with van der Waals surface area (Å²) >= 11 is 0. The highest BCUT2D eigenvalue weighted by Crippen LogP contribution is 2.04. The fraction of sp³-hybridized carbons (Fsp3) is 0.500. The third-order valence-electron chi connectivity index (χ3n) is 2.76. The number of rotatable bonds is 7. The Bertz CT molecular complexity index is 435. The molecule has 1 aromatic heterocycles. The second kappa shape index (κ2) is 8.14. The molecule has 6 heteroatoms. The van der Waals surface area contributed by atoms with E-state index in [0.29, 0.717) is 19.4 Å². The van der Waals surface area contributed by atoms with Crippen LogP contribution < -0.4 is 10.6 Å². The Labute approximate surface area is 118 Å². The van der Waals surface area contributed by atoms with Crippen LogP contribution in [0.2, 0.25) is 0 Å². The van der Waals surface area contributed by atoms with Crippen molar-refractivity contribution in [2.24, 2.45) is 5.92 Å². The maximum atomic E-state index is 11.6. The van der Waals surface area contributed by atoms with E-state index in [1.807, 2.05) is 26.0 Å². The fourth-order valence-electron chi connectivity index (χ4n) is 1.77. The molecular weight excluding hydrogens is 258 g/mol. The summed E-state index contributed by atoms with van der Waals surface area (Å²) in [7, 11) is 0. The molecule has 0 saturated heterocycles. The Morgan fingerprint density at radius 2 is 1.95 bits per heavy atom. The van der Waals surface area contributed by atoms with Crippen LogP contribution in [0.1, 0.15) is 25.8 Å². The summed E-state index contributed by atoms with van der Waals surface area (Å²) in [4.78, 5) is 26.6. The van der Waals surface area contributed by atoms with E-state index in [1.54, 1.807) is 12.4 Å². The van der Waals surface area contributed by atoms with E-state index < -0.39 is 18.0 Å². The van der Waals surface area contributed by atoms with Crippen molar-refractivity contribution in [1.29, 1.82) is 0 Å². The van der Waals surface area contributed by atoms with Crippen LogP contribution in [0.3, 0.4) is 0 Å². The Balaban J connectivity index is 2.33. The van der Waals surface area contributed by atoms with E-state index >= 15 is 0 Å². The highest BCUT2D eigenvalue weighted by Gasteiger charge is 2.20. The number of aromatic nitrogens is 1. The van der Waals surface area contributed by atoms with Gasteiger partial charge in [-0.3, -0.25) is 4.98 Å². The Kier molecular flexibility index (Phi) is 6.49. The molecule has 1 rings (SSSR count). The summed E-state index contributed by atoms with van der Waals surface area (Å²) in [6, 6.07) is 2.44. The zero-order valence-corrected chi connectivity index (χ0v) is 11.8. The molecular formula is C14H21N3O3. The molecule has 110 valence electrons. The van der Waals surface area contributed by atoms with Gasteiger partial charge in [0, 0.05) is 18.9 Å². The minimum Gasteiger partial charge on any atom is -0.480 e. The van der Waals surface area contributed by atoms with E-state index in [1.165, 1.54) is 0 Å². The van der Waals surface area contributed by atoms with Gasteiger partial charge in [-0.15, -0.1) is 0 Å². The van der Waals surface area contributed by atoms with E-state index in [2.05, 4.69) is 15.6 Å². The Hall–Kier alpha value is -2.11. The van der Waals surface area contributed by atoms with Crippen LogP contribution in [0.5, 0.6) is 0 Å². The number of urea groups is 1. The molecule has 3 N–H and O–H groups in total. The van der Waals surface area contributed by atoms with Crippen molar-refractivity contribution in [3.8, 4) is 0 Å². The third kappa shape index (κ3) is 6.17. The molecule has 20 heavy (non-hydrogen) atoms. The Morgan fingerprint density at radius 3 is 2.50 bits per heavy atom. The number of nitrogens with one attached hydrogen (secondary N) is 2. The zero-order chi connectivity index (χ0) is 15.0. The molecule has 0 bridgehead atoms. The summed E-state index contributed by atoms with van der Waals surface area (Å²) in [6.45, 7) is 4.28. The highest BCUT2D eigenvalue weighted by atomic mass is 16.4. The highest BCUT2D eigenvalue weighted by molar-refractivity contribution is 5.82. The molecule has 0 saturated carbocycles. The van der Waals surface area contributed by atoms with Crippen LogP contribution in [-0.2, 0) is 11.2 Å². The standard InChI is InChI=1S/C14H21N3O3/c1-10(2)9-12(13(18)19)17-14(20)16-8-5-11-3-6-15-7-4-11/h3-4,6-7,10,12H,5,8-9H2,1-2H3,(H,18,19)(H2,16,17,20). The quantitative estimate of drug-likeness (QED) is 0.704. The van der Waals surface area contributed by atoms with Crippen molar-refractivity contribution in [1.82, 2.24) is 15.6 Å². The molecule has 0 radical (unpaired) electrons. The number of carboxylic acid groups (broad SMARTS) is 1. The molecule has 1 atom stereocenters. The maximum Gasteiger partial charge on any atom is 0.326 e. The lowest BCUT2D eigenvalue weighted by Crippen LogP contribution is -2.47. The first kappa shape index (κ1) is 15.9. The normalized spacial score (nSPS) is 11.9. The first-order valence-electron chi connectivity index (χ1n) is 6.65. The number of amides is 2. The van der Waals surface area contributed by atoms with Crippen LogP contribution in [-0.4, -0.2) is 34.7 Å². The van der Waals surface area contributed by atoms with E-state index in [-0.39, 0.29) is 5.92 Å². The second-order valence-corrected chi connectivity index (χ2v) is 5.03. The third-order valence-corrected chi connectivity index (χ3v) is 2.76. The van der Waals surface area contributed by atoms with Gasteiger partial charge in [-0.1, -0.05) is 13.8 Å². The molecule has 1 heterocycles. The van der Waals surface area contributed by atoms with E-state index in [9.17, 15) is 9.59 Å². The number of pyridine rings is 1. The summed E-state index contributed by atoms with van der Waals surface area (Å²) in [5, 5.41) is 14.2. The van der Waals surface area contributed by atoms with Crippen molar-refractivity contribution >= 4 is 12.0 Å². The lowest BCUT2D eigenvalue weighted by Gasteiger charge is -2.16. The van der Waals surface area contributed by atoms with Crippen molar-refractivity contribution in [3.63, 3.8) is 0 Å². The van der Waals surface area contributed by atoms with Crippen molar-refractivity contribution in [2.45, 2.75) is 32.7 Å². The lowest BCUT2D eigenvalue weighted by molar-refractivity contribution is -0.139. The van der Waals surface area contributed by atoms with Gasteiger partial charge < -0.3 is 15.7 Å². The Morgan fingerprint density at radius 1 is 1.30 bits per heavy atom. The number of aliphatic carboxylic acids is 1. The molecule has 1 aromatic rings. The number of hydrogen-bond donors (Lipinski definition) is 3. The minimum atomic E-state index is -1.01. The lowest BCUT2D eigenvalue weighted by atomic mass is 10.0. The fourth-order valence-corrected chi connectivity index (χ4v) is 1.77. The molecule has 0 spiro atoms. The van der Waals surface area contributed by atoms with Gasteiger partial charge in [0.1, 0.15) is 6.04 Å². The molecule has 1 unspecified atom stereocenters. The van der Waals surface area contributed by atoms with Crippen LogP contribution in [0.15, 0.2) is 24.5 Å². The largest absolute Gasteiger partial charge is 0.480 e. The summed E-state index contributed by atoms with van der Waals surface area (Å²) in [5.41, 5.74) is 1.07. The van der Waals surface area contributed by atoms with Crippen molar-refractivity contribution in [2.75, 3.05) is 6.54 Å². The van der Waals surface area contributed by atoms with E-state index in [0.717, 1.165) is 5.56 Å². The monoisotopic (exact) mass is 279 g/mol. The molecule has 6 nitrogen and oxygen atoms in total. The van der Waals surface area contributed by atoms with Crippen LogP contribution in [0.25, 0.3) is 0 Å². The number of carbonyl (C=O) groups is 2. The molecule has 0 aliphatic heterocycles. The number of hydrogen-bond acceptors (Lipinski definition) is 3. The van der Waals surface area contributed by atoms with Gasteiger partial charge in [0.15, 0.2) is 0 Å². The van der Waals surface area contributed by atoms with Gasteiger partial charge in [-0.25, -0.2) is 9.59 Å². The predicted molar refractivity (Wildman–Crippen MR) is 75.4 cm³/mol. The smallest absolute Gasteiger partial charge is 0.326 e. The predicted octanol–water partition coefficient (Wildman–Crippen LogP) is 1.42. The topological polar surface area (TPSA) is 91.3 Å². The van der Waals surface area contributed by atoms with Gasteiger partial charge in [-0.05, 0) is 36.5 Å². The van der Waals surface area contributed by atoms with Crippen molar-refractivity contribution in [3.05, 3.63) is 30.1 Å². The van der Waals surface area contributed by atoms with Gasteiger partial charge in [0.05, 0.1) is 0 Å². The van der Waals surface area contributed by atoms with E-state index in [4.69, 9.17) is 5.11 Å². The first-order chi connectivity index (χ1) is 9.49. The van der Waals surface area contributed by atoms with Gasteiger partial charge in [0.25, 0.3) is 0 Å². The van der Waals surface area contributed by atoms with Gasteiger partial charge in [0.2, 0.25) is 0 Å². The van der Waals surface area contributed by atoms with Crippen LogP contribution >= 0.6 is 0 Å². The van der Waals surface area contributed by atoms with Crippen molar-refractivity contribution < 1.29 is 14.7 Å². The average Bonchev–Trinajstić information content (AvgIpc) is 2.38. The molecule has 2 amide bonds. The second-order valence-electron chi connectivity index (χ2n) is 5.03. The molecule has 0 aliphatic rings. The van der Waals surface area contributed by atoms with Crippen LogP contribution in [0, 0.1) is 5.92 Å². The SMILES string of the molecule is CC(C)CC(NC(=O)NCCc1ccncc1)C(=O)O.